The molecule has 0 saturated carbocycles. The van der Waals surface area contributed by atoms with E-state index in [4.69, 9.17) is 9.47 Å². The molecule has 0 unspecified atom stereocenters. The number of morpholine rings is 1. The average molecular weight is 745 g/mol. The molecule has 6 aromatic rings. The second-order valence-electron chi connectivity index (χ2n) is 13.4. The van der Waals surface area contributed by atoms with Crippen molar-refractivity contribution in [3.05, 3.63) is 166 Å². The number of hydrogen-bond donors (Lipinski definition) is 3. The predicted octanol–water partition coefficient (Wildman–Crippen LogP) is 6.65. The fourth-order valence-electron chi connectivity index (χ4n) is 6.67. The Morgan fingerprint density at radius 2 is 1.43 bits per heavy atom. The average Bonchev–Trinajstić information content (AvgIpc) is 3.21. The topological polar surface area (TPSA) is 124 Å². The number of benzene rings is 5. The highest BCUT2D eigenvalue weighted by Gasteiger charge is 2.26. The third kappa shape index (κ3) is 9.25. The van der Waals surface area contributed by atoms with Crippen LogP contribution >= 0.6 is 0 Å². The van der Waals surface area contributed by atoms with Crippen molar-refractivity contribution in [2.75, 3.05) is 44.7 Å². The SMILES string of the molecule is O=c1ccc2c([C@@H](O)CN(CCc3ccc(Nc4ccc(S(=O)(=O)N5CCOCC5)cc4)cc3)Cc3ccccc3)ccc(OCc3ccccc3)c2[nH]1. The Morgan fingerprint density at radius 1 is 0.778 bits per heavy atom. The molecule has 7 rings (SSSR count). The van der Waals surface area contributed by atoms with E-state index in [0.717, 1.165) is 39.9 Å². The van der Waals surface area contributed by atoms with Crippen molar-refractivity contribution in [3.63, 3.8) is 0 Å². The first-order valence-electron chi connectivity index (χ1n) is 18.1. The zero-order chi connectivity index (χ0) is 37.3. The van der Waals surface area contributed by atoms with Crippen molar-refractivity contribution in [2.24, 2.45) is 0 Å². The van der Waals surface area contributed by atoms with Crippen molar-refractivity contribution < 1.29 is 23.0 Å². The van der Waals surface area contributed by atoms with Gasteiger partial charge in [0, 0.05) is 55.6 Å². The first-order valence-corrected chi connectivity index (χ1v) is 19.6. The van der Waals surface area contributed by atoms with Crippen LogP contribution < -0.4 is 15.6 Å². The molecule has 1 aromatic heterocycles. The summed E-state index contributed by atoms with van der Waals surface area (Å²) in [4.78, 5) is 17.8. The van der Waals surface area contributed by atoms with Gasteiger partial charge in [-0.05, 0) is 77.2 Å². The summed E-state index contributed by atoms with van der Waals surface area (Å²) < 4.78 is 38.9. The van der Waals surface area contributed by atoms with E-state index in [1.807, 2.05) is 72.8 Å². The zero-order valence-corrected chi connectivity index (χ0v) is 30.8. The van der Waals surface area contributed by atoms with Gasteiger partial charge in [0.05, 0.1) is 29.7 Å². The third-order valence-corrected chi connectivity index (χ3v) is 11.5. The molecule has 1 saturated heterocycles. The van der Waals surface area contributed by atoms with E-state index in [0.29, 0.717) is 69.4 Å². The molecule has 5 aromatic carbocycles. The monoisotopic (exact) mass is 744 g/mol. The molecule has 1 aliphatic heterocycles. The first-order chi connectivity index (χ1) is 26.3. The lowest BCUT2D eigenvalue weighted by Gasteiger charge is -2.26. The van der Waals surface area contributed by atoms with Gasteiger partial charge in [-0.15, -0.1) is 0 Å². The van der Waals surface area contributed by atoms with E-state index in [9.17, 15) is 18.3 Å². The van der Waals surface area contributed by atoms with Crippen LogP contribution in [-0.4, -0.2) is 67.1 Å². The lowest BCUT2D eigenvalue weighted by atomic mass is 10.0. The molecule has 1 aliphatic rings. The van der Waals surface area contributed by atoms with Crippen LogP contribution in [0.5, 0.6) is 5.75 Å². The first kappa shape index (κ1) is 37.0. The standard InChI is InChI=1S/C43H44N4O6S/c48-40(38-19-21-41(43-39(38)20-22-42(49)45-43)53-31-34-9-5-2-6-10-34)30-46(29-33-7-3-1-4-8-33)24-23-32-11-13-35(14-12-32)44-36-15-17-37(18-16-36)54(50,51)47-25-27-52-28-26-47/h1-22,40,44,48H,23-31H2,(H,45,49)/t40-/m0/s1. The molecule has 54 heavy (non-hydrogen) atoms. The second-order valence-corrected chi connectivity index (χ2v) is 15.3. The minimum atomic E-state index is -3.55. The molecular formula is C43H44N4O6S. The highest BCUT2D eigenvalue weighted by Crippen LogP contribution is 2.31. The number of sulfonamides is 1. The van der Waals surface area contributed by atoms with E-state index >= 15 is 0 Å². The number of rotatable bonds is 15. The summed E-state index contributed by atoms with van der Waals surface area (Å²) in [6.07, 6.45) is -0.0686. The zero-order valence-electron chi connectivity index (χ0n) is 29.9. The van der Waals surface area contributed by atoms with Gasteiger partial charge in [0.2, 0.25) is 15.6 Å². The number of hydrogen-bond acceptors (Lipinski definition) is 8. The van der Waals surface area contributed by atoms with Crippen LogP contribution in [0.25, 0.3) is 10.9 Å². The summed E-state index contributed by atoms with van der Waals surface area (Å²) in [6.45, 7) is 3.62. The fraction of sp³-hybridized carbons (Fsp3) is 0.233. The number of pyridine rings is 1. The van der Waals surface area contributed by atoms with E-state index in [1.54, 1.807) is 30.3 Å². The predicted molar refractivity (Wildman–Crippen MR) is 211 cm³/mol. The van der Waals surface area contributed by atoms with Crippen LogP contribution in [0.4, 0.5) is 11.4 Å². The minimum Gasteiger partial charge on any atom is -0.487 e. The number of H-pyrrole nitrogens is 1. The van der Waals surface area contributed by atoms with Gasteiger partial charge in [-0.2, -0.15) is 4.31 Å². The number of aromatic amines is 1. The number of aliphatic hydroxyl groups is 1. The van der Waals surface area contributed by atoms with Crippen molar-refractivity contribution >= 4 is 32.3 Å². The Morgan fingerprint density at radius 3 is 2.11 bits per heavy atom. The molecule has 10 nitrogen and oxygen atoms in total. The Bertz CT molecular complexity index is 2300. The number of nitrogens with one attached hydrogen (secondary N) is 2. The van der Waals surface area contributed by atoms with Gasteiger partial charge in [-0.1, -0.05) is 78.9 Å². The van der Waals surface area contributed by atoms with E-state index < -0.39 is 16.1 Å². The Kier molecular flexibility index (Phi) is 11.8. The smallest absolute Gasteiger partial charge is 0.248 e. The lowest BCUT2D eigenvalue weighted by Crippen LogP contribution is -2.40. The summed E-state index contributed by atoms with van der Waals surface area (Å²) in [7, 11) is -3.55. The molecule has 0 radical (unpaired) electrons. The number of aromatic nitrogens is 1. The van der Waals surface area contributed by atoms with Crippen LogP contribution in [-0.2, 0) is 34.3 Å². The summed E-state index contributed by atoms with van der Waals surface area (Å²) >= 11 is 0. The Labute approximate surface area is 315 Å². The van der Waals surface area contributed by atoms with Crippen LogP contribution in [0.2, 0.25) is 0 Å². The van der Waals surface area contributed by atoms with Gasteiger partial charge in [0.1, 0.15) is 12.4 Å². The minimum absolute atomic E-state index is 0.238. The van der Waals surface area contributed by atoms with Crippen LogP contribution in [0.15, 0.2) is 143 Å². The number of nitrogens with zero attached hydrogens (tertiary/aromatic N) is 2. The van der Waals surface area contributed by atoms with Crippen LogP contribution in [0, 0.1) is 0 Å². The van der Waals surface area contributed by atoms with Gasteiger partial charge in [-0.3, -0.25) is 9.69 Å². The highest BCUT2D eigenvalue weighted by atomic mass is 32.2. The van der Waals surface area contributed by atoms with Crippen LogP contribution in [0.1, 0.15) is 28.4 Å². The second kappa shape index (κ2) is 17.2. The molecule has 0 spiro atoms. The van der Waals surface area contributed by atoms with Crippen molar-refractivity contribution in [3.8, 4) is 5.75 Å². The molecule has 1 atom stereocenters. The van der Waals surface area contributed by atoms with Crippen molar-refractivity contribution in [1.29, 1.82) is 0 Å². The third-order valence-electron chi connectivity index (χ3n) is 9.59. The molecule has 0 amide bonds. The lowest BCUT2D eigenvalue weighted by molar-refractivity contribution is 0.0730. The molecule has 0 aliphatic carbocycles. The molecule has 0 bridgehead atoms. The summed E-state index contributed by atoms with van der Waals surface area (Å²) in [5.41, 5.74) is 6.02. The molecule has 278 valence electrons. The summed E-state index contributed by atoms with van der Waals surface area (Å²) in [5.74, 6) is 0.551. The van der Waals surface area contributed by atoms with Gasteiger partial charge < -0.3 is 24.9 Å². The summed E-state index contributed by atoms with van der Waals surface area (Å²) in [6, 6.07) is 42.0. The molecule has 3 N–H and O–H groups in total. The quantitative estimate of drug-likeness (QED) is 0.107. The maximum absolute atomic E-state index is 13.0. The van der Waals surface area contributed by atoms with E-state index in [2.05, 4.69) is 39.5 Å². The Hall–Kier alpha value is -5.30. The van der Waals surface area contributed by atoms with Crippen LogP contribution in [0.3, 0.4) is 0 Å². The molecule has 1 fully saturated rings. The normalized spacial score (nSPS) is 14.3. The van der Waals surface area contributed by atoms with E-state index in [-0.39, 0.29) is 10.5 Å². The number of aliphatic hydroxyl groups excluding tert-OH is 1. The van der Waals surface area contributed by atoms with Gasteiger partial charge in [0.15, 0.2) is 0 Å². The van der Waals surface area contributed by atoms with E-state index in [1.165, 1.54) is 10.4 Å². The van der Waals surface area contributed by atoms with Crippen molar-refractivity contribution in [2.45, 2.75) is 30.6 Å². The van der Waals surface area contributed by atoms with Crippen molar-refractivity contribution in [1.82, 2.24) is 14.2 Å². The van der Waals surface area contributed by atoms with Gasteiger partial charge in [-0.25, -0.2) is 8.42 Å². The number of fused-ring (bicyclic) bond motifs is 1. The van der Waals surface area contributed by atoms with Gasteiger partial charge >= 0.3 is 0 Å². The number of ether oxygens (including phenoxy) is 2. The largest absolute Gasteiger partial charge is 0.487 e. The number of anilines is 2. The maximum Gasteiger partial charge on any atom is 0.248 e. The molecule has 11 heteroatoms. The molecule has 2 heterocycles. The van der Waals surface area contributed by atoms with Gasteiger partial charge in [0.25, 0.3) is 0 Å². The Balaban J connectivity index is 1.02. The highest BCUT2D eigenvalue weighted by molar-refractivity contribution is 7.89. The summed E-state index contributed by atoms with van der Waals surface area (Å²) in [5, 5.41) is 15.8. The molecular weight excluding hydrogens is 701 g/mol. The fourth-order valence-corrected chi connectivity index (χ4v) is 8.08. The maximum atomic E-state index is 13.0.